The summed E-state index contributed by atoms with van der Waals surface area (Å²) in [5, 5.41) is 10.7. The Bertz CT molecular complexity index is 520. The molecule has 3 nitrogen and oxygen atoms in total. The van der Waals surface area contributed by atoms with Crippen molar-refractivity contribution in [3.05, 3.63) is 29.8 Å². The van der Waals surface area contributed by atoms with E-state index < -0.39 is 5.60 Å². The molecule has 0 aromatic heterocycles. The van der Waals surface area contributed by atoms with Crippen molar-refractivity contribution in [2.75, 3.05) is 26.2 Å². The average molecular weight is 271 g/mol. The van der Waals surface area contributed by atoms with Gasteiger partial charge in [0.15, 0.2) is 0 Å². The molecule has 20 heavy (non-hydrogen) atoms. The summed E-state index contributed by atoms with van der Waals surface area (Å²) in [5.74, 6) is 7.44. The molecule has 3 aliphatic rings. The van der Waals surface area contributed by atoms with E-state index in [1.54, 1.807) is 0 Å². The molecule has 3 saturated heterocycles. The maximum absolute atomic E-state index is 10.7. The van der Waals surface area contributed by atoms with Crippen molar-refractivity contribution in [1.29, 1.82) is 0 Å². The molecule has 3 fully saturated rings. The molecule has 1 aromatic carbocycles. The van der Waals surface area contributed by atoms with Gasteiger partial charge in [0.1, 0.15) is 11.4 Å². The van der Waals surface area contributed by atoms with Gasteiger partial charge in [-0.1, -0.05) is 11.8 Å². The molecule has 1 N–H and O–H groups in total. The molecule has 0 amide bonds. The second-order valence-corrected chi connectivity index (χ2v) is 5.68. The van der Waals surface area contributed by atoms with Gasteiger partial charge in [0.25, 0.3) is 0 Å². The average Bonchev–Trinajstić information content (AvgIpc) is 2.48. The van der Waals surface area contributed by atoms with Gasteiger partial charge in [-0.3, -0.25) is 4.90 Å². The lowest BCUT2D eigenvalue weighted by Gasteiger charge is -2.47. The third-order valence-corrected chi connectivity index (χ3v) is 4.32. The van der Waals surface area contributed by atoms with Crippen LogP contribution in [0.25, 0.3) is 0 Å². The largest absolute Gasteiger partial charge is 0.494 e. The monoisotopic (exact) mass is 271 g/mol. The van der Waals surface area contributed by atoms with Gasteiger partial charge in [-0.15, -0.1) is 0 Å². The third-order valence-electron chi connectivity index (χ3n) is 4.32. The quantitative estimate of drug-likeness (QED) is 0.834. The van der Waals surface area contributed by atoms with Crippen LogP contribution >= 0.6 is 0 Å². The minimum Gasteiger partial charge on any atom is -0.494 e. The highest BCUT2D eigenvalue weighted by molar-refractivity contribution is 5.40. The van der Waals surface area contributed by atoms with Crippen LogP contribution in [-0.2, 0) is 0 Å². The Kier molecular flexibility index (Phi) is 3.69. The maximum Gasteiger partial charge on any atom is 0.141 e. The first-order valence-electron chi connectivity index (χ1n) is 7.40. The minimum absolute atomic E-state index is 0.336. The van der Waals surface area contributed by atoms with Gasteiger partial charge in [0.05, 0.1) is 6.61 Å². The number of aliphatic hydroxyl groups is 1. The number of fused-ring (bicyclic) bond motifs is 3. The number of rotatable bonds is 2. The highest BCUT2D eigenvalue weighted by Crippen LogP contribution is 2.35. The van der Waals surface area contributed by atoms with Gasteiger partial charge in [0, 0.05) is 18.0 Å². The van der Waals surface area contributed by atoms with Gasteiger partial charge in [-0.05, 0) is 57.1 Å². The lowest BCUT2D eigenvalue weighted by molar-refractivity contribution is -0.0713. The van der Waals surface area contributed by atoms with Crippen molar-refractivity contribution in [2.45, 2.75) is 25.4 Å². The standard InChI is InChI=1S/C17H21NO2/c1-2-20-16-5-3-14(4-6-16)7-10-17(19)13-18-11-8-15(17)9-12-18/h3-6,15,19H,2,8-9,11-13H2,1H3. The van der Waals surface area contributed by atoms with Gasteiger partial charge >= 0.3 is 0 Å². The SMILES string of the molecule is CCOc1ccc(C#CC2(O)CN3CCC2CC3)cc1. The molecule has 1 aromatic rings. The predicted molar refractivity (Wildman–Crippen MR) is 78.6 cm³/mol. The molecule has 1 atom stereocenters. The molecule has 2 bridgehead atoms. The van der Waals surface area contributed by atoms with E-state index in [2.05, 4.69) is 16.7 Å². The molecule has 0 spiro atoms. The second-order valence-electron chi connectivity index (χ2n) is 5.68. The van der Waals surface area contributed by atoms with E-state index in [0.29, 0.717) is 19.1 Å². The summed E-state index contributed by atoms with van der Waals surface area (Å²) in [7, 11) is 0. The Hall–Kier alpha value is -1.50. The van der Waals surface area contributed by atoms with E-state index in [1.807, 2.05) is 31.2 Å². The fourth-order valence-corrected chi connectivity index (χ4v) is 3.16. The van der Waals surface area contributed by atoms with Crippen LogP contribution < -0.4 is 4.74 Å². The third kappa shape index (κ3) is 2.67. The Morgan fingerprint density at radius 3 is 2.55 bits per heavy atom. The lowest BCUT2D eigenvalue weighted by Crippen LogP contribution is -2.58. The number of nitrogens with zero attached hydrogens (tertiary/aromatic N) is 1. The molecule has 1 unspecified atom stereocenters. The summed E-state index contributed by atoms with van der Waals surface area (Å²) in [5.41, 5.74) is 0.105. The molecule has 106 valence electrons. The zero-order valence-electron chi connectivity index (χ0n) is 11.9. The van der Waals surface area contributed by atoms with E-state index in [0.717, 1.165) is 37.2 Å². The van der Waals surface area contributed by atoms with Crippen LogP contribution in [0.3, 0.4) is 0 Å². The van der Waals surface area contributed by atoms with Crippen molar-refractivity contribution in [3.63, 3.8) is 0 Å². The Balaban J connectivity index is 1.74. The minimum atomic E-state index is -0.824. The van der Waals surface area contributed by atoms with E-state index in [4.69, 9.17) is 4.74 Å². The summed E-state index contributed by atoms with van der Waals surface area (Å²) >= 11 is 0. The molecule has 3 aliphatic heterocycles. The van der Waals surface area contributed by atoms with Crippen molar-refractivity contribution >= 4 is 0 Å². The lowest BCUT2D eigenvalue weighted by atomic mass is 9.76. The summed E-state index contributed by atoms with van der Waals surface area (Å²) in [6, 6.07) is 7.74. The molecule has 0 radical (unpaired) electrons. The summed E-state index contributed by atoms with van der Waals surface area (Å²) < 4.78 is 5.41. The summed E-state index contributed by atoms with van der Waals surface area (Å²) in [6.07, 6.45) is 2.13. The van der Waals surface area contributed by atoms with E-state index in [-0.39, 0.29) is 0 Å². The smallest absolute Gasteiger partial charge is 0.141 e. The topological polar surface area (TPSA) is 32.7 Å². The Morgan fingerprint density at radius 2 is 2.00 bits per heavy atom. The van der Waals surface area contributed by atoms with Gasteiger partial charge in [-0.2, -0.15) is 0 Å². The summed E-state index contributed by atoms with van der Waals surface area (Å²) in [4.78, 5) is 2.31. The first-order chi connectivity index (χ1) is 9.69. The maximum atomic E-state index is 10.7. The zero-order chi connectivity index (χ0) is 14.0. The highest BCUT2D eigenvalue weighted by atomic mass is 16.5. The second kappa shape index (κ2) is 5.47. The van der Waals surface area contributed by atoms with Crippen LogP contribution in [0, 0.1) is 17.8 Å². The molecule has 3 heteroatoms. The Morgan fingerprint density at radius 1 is 1.30 bits per heavy atom. The first kappa shape index (κ1) is 13.5. The van der Waals surface area contributed by atoms with E-state index in [1.165, 1.54) is 0 Å². The molecule has 4 rings (SSSR count). The van der Waals surface area contributed by atoms with Gasteiger partial charge in [-0.25, -0.2) is 0 Å². The number of ether oxygens (including phenoxy) is 1. The van der Waals surface area contributed by atoms with Crippen LogP contribution in [0.1, 0.15) is 25.3 Å². The Labute approximate surface area is 120 Å². The number of hydrogen-bond acceptors (Lipinski definition) is 3. The number of benzene rings is 1. The van der Waals surface area contributed by atoms with E-state index >= 15 is 0 Å². The molecule has 3 heterocycles. The molecular formula is C17H21NO2. The predicted octanol–water partition coefficient (Wildman–Crippen LogP) is 1.89. The van der Waals surface area contributed by atoms with Crippen LogP contribution in [0.4, 0.5) is 0 Å². The fraction of sp³-hybridized carbons (Fsp3) is 0.529. The van der Waals surface area contributed by atoms with Crippen LogP contribution in [0.15, 0.2) is 24.3 Å². The molecule has 0 saturated carbocycles. The van der Waals surface area contributed by atoms with Crippen molar-refractivity contribution in [2.24, 2.45) is 5.92 Å². The molecule has 0 aliphatic carbocycles. The first-order valence-corrected chi connectivity index (χ1v) is 7.40. The zero-order valence-corrected chi connectivity index (χ0v) is 11.9. The summed E-state index contributed by atoms with van der Waals surface area (Å²) in [6.45, 7) is 5.55. The van der Waals surface area contributed by atoms with Gasteiger partial charge in [0.2, 0.25) is 0 Å². The van der Waals surface area contributed by atoms with Gasteiger partial charge < -0.3 is 9.84 Å². The van der Waals surface area contributed by atoms with Crippen molar-refractivity contribution in [3.8, 4) is 17.6 Å². The number of piperidine rings is 3. The number of hydrogen-bond donors (Lipinski definition) is 1. The van der Waals surface area contributed by atoms with Crippen molar-refractivity contribution < 1.29 is 9.84 Å². The normalized spacial score (nSPS) is 31.5. The highest BCUT2D eigenvalue weighted by Gasteiger charge is 2.44. The van der Waals surface area contributed by atoms with Crippen LogP contribution in [-0.4, -0.2) is 41.8 Å². The fourth-order valence-electron chi connectivity index (χ4n) is 3.16. The molecular weight excluding hydrogens is 250 g/mol. The van der Waals surface area contributed by atoms with Crippen LogP contribution in [0.5, 0.6) is 5.75 Å². The van der Waals surface area contributed by atoms with Crippen LogP contribution in [0.2, 0.25) is 0 Å². The van der Waals surface area contributed by atoms with Crippen molar-refractivity contribution in [1.82, 2.24) is 4.90 Å². The van der Waals surface area contributed by atoms with E-state index in [9.17, 15) is 5.11 Å².